The van der Waals surface area contributed by atoms with E-state index in [2.05, 4.69) is 10.6 Å². The summed E-state index contributed by atoms with van der Waals surface area (Å²) in [6.45, 7) is 1.86. The van der Waals surface area contributed by atoms with Crippen LogP contribution < -0.4 is 16.4 Å². The first-order chi connectivity index (χ1) is 11.0. The molecule has 23 heavy (non-hydrogen) atoms. The van der Waals surface area contributed by atoms with E-state index in [1.165, 1.54) is 11.3 Å². The Morgan fingerprint density at radius 1 is 1.22 bits per heavy atom. The van der Waals surface area contributed by atoms with Crippen LogP contribution in [0.2, 0.25) is 5.02 Å². The highest BCUT2D eigenvalue weighted by atomic mass is 35.5. The van der Waals surface area contributed by atoms with Gasteiger partial charge < -0.3 is 16.4 Å². The maximum absolute atomic E-state index is 12.3. The van der Waals surface area contributed by atoms with Gasteiger partial charge >= 0.3 is 6.03 Å². The first kappa shape index (κ1) is 17.3. The zero-order valence-electron chi connectivity index (χ0n) is 12.6. The third-order valence-corrected chi connectivity index (χ3v) is 4.67. The van der Waals surface area contributed by atoms with E-state index in [-0.39, 0.29) is 18.4 Å². The molecular formula is C16H18ClN3O2S. The molecular weight excluding hydrogens is 334 g/mol. The zero-order chi connectivity index (χ0) is 16.8. The number of amides is 3. The fourth-order valence-corrected chi connectivity index (χ4v) is 3.35. The minimum Gasteiger partial charge on any atom is -0.352 e. The molecule has 0 spiro atoms. The second-order valence-electron chi connectivity index (χ2n) is 5.09. The van der Waals surface area contributed by atoms with E-state index in [9.17, 15) is 9.59 Å². The highest BCUT2D eigenvalue weighted by molar-refractivity contribution is 7.10. The lowest BCUT2D eigenvalue weighted by Crippen LogP contribution is -2.36. The predicted octanol–water partition coefficient (Wildman–Crippen LogP) is 3.38. The maximum atomic E-state index is 12.3. The lowest BCUT2D eigenvalue weighted by Gasteiger charge is -2.19. The number of rotatable bonds is 6. The SMILES string of the molecule is CC(NC(=O)CC(NC(N)=O)c1cccs1)c1ccccc1Cl. The molecule has 5 nitrogen and oxygen atoms in total. The summed E-state index contributed by atoms with van der Waals surface area (Å²) < 4.78 is 0. The number of hydrogen-bond donors (Lipinski definition) is 3. The van der Waals surface area contributed by atoms with Gasteiger partial charge in [0.2, 0.25) is 5.91 Å². The van der Waals surface area contributed by atoms with Crippen LogP contribution in [0.3, 0.4) is 0 Å². The van der Waals surface area contributed by atoms with E-state index in [1.807, 2.05) is 42.6 Å². The Morgan fingerprint density at radius 3 is 2.57 bits per heavy atom. The van der Waals surface area contributed by atoms with Crippen LogP contribution in [-0.4, -0.2) is 11.9 Å². The molecule has 1 heterocycles. The van der Waals surface area contributed by atoms with Crippen molar-refractivity contribution >= 4 is 34.9 Å². The Balaban J connectivity index is 2.02. The first-order valence-corrected chi connectivity index (χ1v) is 8.36. The normalized spacial score (nSPS) is 13.1. The third kappa shape index (κ3) is 4.97. The minimum atomic E-state index is -0.657. The second kappa shape index (κ2) is 7.99. The fraction of sp³-hybridized carbons (Fsp3) is 0.250. The number of hydrogen-bond acceptors (Lipinski definition) is 3. The van der Waals surface area contributed by atoms with E-state index >= 15 is 0 Å². The Bertz CT molecular complexity index is 676. The number of carbonyl (C=O) groups is 2. The van der Waals surface area contributed by atoms with E-state index in [1.54, 1.807) is 6.07 Å². The van der Waals surface area contributed by atoms with Crippen LogP contribution in [0.25, 0.3) is 0 Å². The van der Waals surface area contributed by atoms with Crippen LogP contribution in [0.15, 0.2) is 41.8 Å². The van der Waals surface area contributed by atoms with Crippen molar-refractivity contribution in [2.45, 2.75) is 25.4 Å². The van der Waals surface area contributed by atoms with Gasteiger partial charge in [0, 0.05) is 9.90 Å². The van der Waals surface area contributed by atoms with Crippen molar-refractivity contribution in [1.82, 2.24) is 10.6 Å². The van der Waals surface area contributed by atoms with Gasteiger partial charge in [-0.15, -0.1) is 11.3 Å². The molecule has 0 aliphatic carbocycles. The van der Waals surface area contributed by atoms with Crippen molar-refractivity contribution in [1.29, 1.82) is 0 Å². The average Bonchev–Trinajstić information content (AvgIpc) is 3.00. The summed E-state index contributed by atoms with van der Waals surface area (Å²) in [5.41, 5.74) is 6.04. The summed E-state index contributed by atoms with van der Waals surface area (Å²) in [6.07, 6.45) is 0.109. The Kier molecular flexibility index (Phi) is 6.01. The largest absolute Gasteiger partial charge is 0.352 e. The highest BCUT2D eigenvalue weighted by Crippen LogP contribution is 2.24. The molecule has 7 heteroatoms. The van der Waals surface area contributed by atoms with Gasteiger partial charge in [0.25, 0.3) is 0 Å². The number of nitrogens with two attached hydrogens (primary N) is 1. The minimum absolute atomic E-state index is 0.109. The molecule has 0 radical (unpaired) electrons. The molecule has 4 N–H and O–H groups in total. The van der Waals surface area contributed by atoms with Crippen LogP contribution in [0.4, 0.5) is 4.79 Å². The monoisotopic (exact) mass is 351 g/mol. The van der Waals surface area contributed by atoms with Crippen molar-refractivity contribution in [3.8, 4) is 0 Å². The quantitative estimate of drug-likeness (QED) is 0.745. The van der Waals surface area contributed by atoms with Crippen molar-refractivity contribution in [3.63, 3.8) is 0 Å². The molecule has 122 valence electrons. The number of carbonyl (C=O) groups excluding carboxylic acids is 2. The van der Waals surface area contributed by atoms with Gasteiger partial charge in [-0.25, -0.2) is 4.79 Å². The summed E-state index contributed by atoms with van der Waals surface area (Å²) in [4.78, 5) is 24.3. The standard InChI is InChI=1S/C16H18ClN3O2S/c1-10(11-5-2-3-6-12(11)17)19-15(21)9-13(20-16(18)22)14-7-4-8-23-14/h2-8,10,13H,9H2,1H3,(H,19,21)(H3,18,20,22). The van der Waals surface area contributed by atoms with Crippen molar-refractivity contribution < 1.29 is 9.59 Å². The Labute approximate surface area is 143 Å². The molecule has 2 atom stereocenters. The lowest BCUT2D eigenvalue weighted by atomic mass is 10.1. The van der Waals surface area contributed by atoms with E-state index in [0.717, 1.165) is 10.4 Å². The third-order valence-electron chi connectivity index (χ3n) is 3.34. The number of urea groups is 1. The number of thiophene rings is 1. The van der Waals surface area contributed by atoms with Crippen LogP contribution >= 0.6 is 22.9 Å². The molecule has 0 saturated carbocycles. The highest BCUT2D eigenvalue weighted by Gasteiger charge is 2.20. The van der Waals surface area contributed by atoms with Crippen molar-refractivity contribution in [2.24, 2.45) is 5.73 Å². The van der Waals surface area contributed by atoms with Gasteiger partial charge in [-0.05, 0) is 30.0 Å². The van der Waals surface area contributed by atoms with Gasteiger partial charge in [0.1, 0.15) is 0 Å². The Morgan fingerprint density at radius 2 is 1.96 bits per heavy atom. The van der Waals surface area contributed by atoms with Crippen LogP contribution in [-0.2, 0) is 4.79 Å². The van der Waals surface area contributed by atoms with Crippen LogP contribution in [0, 0.1) is 0 Å². The average molecular weight is 352 g/mol. The van der Waals surface area contributed by atoms with Gasteiger partial charge in [-0.2, -0.15) is 0 Å². The maximum Gasteiger partial charge on any atom is 0.312 e. The van der Waals surface area contributed by atoms with Gasteiger partial charge in [-0.3, -0.25) is 4.79 Å². The molecule has 0 fully saturated rings. The number of primary amides is 1. The van der Waals surface area contributed by atoms with E-state index < -0.39 is 12.1 Å². The summed E-state index contributed by atoms with van der Waals surface area (Å²) in [5, 5.41) is 7.98. The molecule has 0 aliphatic rings. The van der Waals surface area contributed by atoms with Gasteiger partial charge in [0.15, 0.2) is 0 Å². The van der Waals surface area contributed by atoms with Crippen molar-refractivity contribution in [2.75, 3.05) is 0 Å². The van der Waals surface area contributed by atoms with E-state index in [4.69, 9.17) is 17.3 Å². The zero-order valence-corrected chi connectivity index (χ0v) is 14.2. The number of nitrogens with one attached hydrogen (secondary N) is 2. The summed E-state index contributed by atoms with van der Waals surface area (Å²) in [5.74, 6) is -0.190. The topological polar surface area (TPSA) is 84.2 Å². The Hall–Kier alpha value is -2.05. The summed E-state index contributed by atoms with van der Waals surface area (Å²) in [7, 11) is 0. The van der Waals surface area contributed by atoms with E-state index in [0.29, 0.717) is 5.02 Å². The lowest BCUT2D eigenvalue weighted by molar-refractivity contribution is -0.122. The number of halogens is 1. The molecule has 3 amide bonds. The first-order valence-electron chi connectivity index (χ1n) is 7.10. The smallest absolute Gasteiger partial charge is 0.312 e. The van der Waals surface area contributed by atoms with Crippen LogP contribution in [0.1, 0.15) is 35.9 Å². The molecule has 2 rings (SSSR count). The fourth-order valence-electron chi connectivity index (χ4n) is 2.27. The summed E-state index contributed by atoms with van der Waals surface area (Å²) in [6, 6.07) is 9.75. The summed E-state index contributed by atoms with van der Waals surface area (Å²) >= 11 is 7.60. The van der Waals surface area contributed by atoms with Gasteiger partial charge in [0.05, 0.1) is 18.5 Å². The van der Waals surface area contributed by atoms with Gasteiger partial charge in [-0.1, -0.05) is 35.9 Å². The number of benzene rings is 1. The second-order valence-corrected chi connectivity index (χ2v) is 6.48. The van der Waals surface area contributed by atoms with Crippen LogP contribution in [0.5, 0.6) is 0 Å². The predicted molar refractivity (Wildman–Crippen MR) is 92.4 cm³/mol. The van der Waals surface area contributed by atoms with Crippen molar-refractivity contribution in [3.05, 3.63) is 57.2 Å². The molecule has 2 aromatic rings. The molecule has 0 bridgehead atoms. The molecule has 1 aromatic carbocycles. The molecule has 1 aromatic heterocycles. The molecule has 0 aliphatic heterocycles. The molecule has 0 saturated heterocycles. The molecule has 2 unspecified atom stereocenters.